The first kappa shape index (κ1) is 27.6. The van der Waals surface area contributed by atoms with Gasteiger partial charge in [0, 0.05) is 18.6 Å². The molecule has 0 spiro atoms. The van der Waals surface area contributed by atoms with Gasteiger partial charge in [-0.3, -0.25) is 14.4 Å². The first-order chi connectivity index (χ1) is 15.6. The lowest BCUT2D eigenvalue weighted by atomic mass is 10.3. The monoisotopic (exact) mass is 542 g/mol. The van der Waals surface area contributed by atoms with E-state index >= 15 is 0 Å². The van der Waals surface area contributed by atoms with Crippen LogP contribution in [0.15, 0.2) is 39.5 Å². The topological polar surface area (TPSA) is 202 Å². The molecule has 2 rings (SSSR count). The van der Waals surface area contributed by atoms with E-state index in [1.165, 1.54) is 25.3 Å². The number of nitrogens with one attached hydrogen (secondary N) is 3. The average molecular weight is 543 g/mol. The Morgan fingerprint density at radius 3 is 2.55 bits per heavy atom. The highest BCUT2D eigenvalue weighted by molar-refractivity contribution is 7.99. The minimum atomic E-state index is -4.40. The molecule has 0 fully saturated rings. The lowest BCUT2D eigenvalue weighted by Gasteiger charge is -2.09. The number of benzene rings is 1. The Morgan fingerprint density at radius 1 is 1.09 bits per heavy atom. The smallest absolute Gasteiger partial charge is 0.294 e. The summed E-state index contributed by atoms with van der Waals surface area (Å²) in [4.78, 5) is 12.3. The van der Waals surface area contributed by atoms with E-state index in [2.05, 4.69) is 31.1 Å². The maximum Gasteiger partial charge on any atom is 0.294 e. The normalized spacial score (nSPS) is 12.1. The van der Waals surface area contributed by atoms with E-state index in [0.29, 0.717) is 12.5 Å². The molecule has 0 saturated heterocycles. The zero-order chi connectivity index (χ0) is 24.3. The molecule has 1 heterocycles. The highest BCUT2D eigenvalue weighted by Crippen LogP contribution is 2.23. The third-order valence-corrected chi connectivity index (χ3v) is 6.50. The molecule has 0 aliphatic rings. The zero-order valence-electron chi connectivity index (χ0n) is 17.2. The molecule has 0 atom stereocenters. The second-order valence-electron chi connectivity index (χ2n) is 6.01. The molecule has 1 aromatic heterocycles. The predicted octanol–water partition coefficient (Wildman–Crippen LogP) is 0.911. The number of hydrogen-bond acceptors (Lipinski definition) is 14. The van der Waals surface area contributed by atoms with Crippen molar-refractivity contribution < 1.29 is 35.0 Å². The molecule has 0 saturated carbocycles. The molecule has 1 aromatic carbocycles. The Morgan fingerprint density at radius 2 is 1.85 bits per heavy atom. The van der Waals surface area contributed by atoms with Crippen LogP contribution in [0.5, 0.6) is 0 Å². The highest BCUT2D eigenvalue weighted by atomic mass is 32.2. The van der Waals surface area contributed by atoms with Crippen molar-refractivity contribution in [3.63, 3.8) is 0 Å². The largest absolute Gasteiger partial charge is 0.370 e. The molecule has 5 N–H and O–H groups in total. The summed E-state index contributed by atoms with van der Waals surface area (Å²) in [5, 5.41) is 6.07. The SMILES string of the molecule is COCNCNOSc1nc(Nc2cccc(S(=O)(=O)O)c2)nc(SCCCS(=O)(=O)O)n1. The van der Waals surface area contributed by atoms with Crippen molar-refractivity contribution >= 4 is 55.7 Å². The van der Waals surface area contributed by atoms with Gasteiger partial charge in [-0.2, -0.15) is 37.3 Å². The molecular weight excluding hydrogens is 520 g/mol. The van der Waals surface area contributed by atoms with Crippen LogP contribution >= 0.6 is 23.8 Å². The van der Waals surface area contributed by atoms with Crippen molar-refractivity contribution in [3.05, 3.63) is 24.3 Å². The zero-order valence-corrected chi connectivity index (χ0v) is 20.4. The summed E-state index contributed by atoms with van der Waals surface area (Å²) in [6.07, 6.45) is 0.167. The van der Waals surface area contributed by atoms with E-state index in [-0.39, 0.29) is 39.9 Å². The molecule has 33 heavy (non-hydrogen) atoms. The van der Waals surface area contributed by atoms with Crippen LogP contribution in [0, 0.1) is 0 Å². The van der Waals surface area contributed by atoms with Crippen LogP contribution in [0.1, 0.15) is 6.42 Å². The third-order valence-electron chi connectivity index (χ3n) is 3.38. The molecular formula is C15H22N6O8S4. The van der Waals surface area contributed by atoms with Crippen LogP contribution in [0.25, 0.3) is 0 Å². The van der Waals surface area contributed by atoms with Gasteiger partial charge in [-0.05, 0) is 24.6 Å². The van der Waals surface area contributed by atoms with Crippen molar-refractivity contribution in [2.24, 2.45) is 0 Å². The number of ether oxygens (including phenoxy) is 1. The van der Waals surface area contributed by atoms with E-state index in [9.17, 15) is 21.4 Å². The second-order valence-corrected chi connectivity index (χ2v) is 10.8. The maximum absolute atomic E-state index is 11.4. The van der Waals surface area contributed by atoms with Gasteiger partial charge in [0.1, 0.15) is 0 Å². The number of thioether (sulfide) groups is 1. The Balaban J connectivity index is 2.12. The van der Waals surface area contributed by atoms with E-state index in [1.54, 1.807) is 6.07 Å². The molecule has 0 aliphatic carbocycles. The predicted molar refractivity (Wildman–Crippen MR) is 121 cm³/mol. The third kappa shape index (κ3) is 11.4. The van der Waals surface area contributed by atoms with E-state index in [0.717, 1.165) is 23.8 Å². The van der Waals surface area contributed by atoms with Crippen molar-refractivity contribution in [1.82, 2.24) is 25.7 Å². The molecule has 18 heteroatoms. The molecule has 0 amide bonds. The van der Waals surface area contributed by atoms with Crippen LogP contribution in [0.4, 0.5) is 11.6 Å². The number of anilines is 2. The van der Waals surface area contributed by atoms with Crippen LogP contribution in [0.2, 0.25) is 0 Å². The standard InChI is InChI=1S/C15H22N6O8S4/c1-28-10-16-9-17-29-31-15-20-13(18-11-4-2-5-12(8-11)33(25,26)27)19-14(21-15)30-6-3-7-32(22,23)24/h2,4-5,8,16-17H,3,6-7,9-10H2,1H3,(H,22,23,24)(H,25,26,27)(H,18,19,20,21). The lowest BCUT2D eigenvalue weighted by Crippen LogP contribution is -2.28. The van der Waals surface area contributed by atoms with Gasteiger partial charge >= 0.3 is 0 Å². The van der Waals surface area contributed by atoms with Gasteiger partial charge in [0.15, 0.2) is 5.16 Å². The molecule has 0 bridgehead atoms. The van der Waals surface area contributed by atoms with Crippen molar-refractivity contribution in [3.8, 4) is 0 Å². The van der Waals surface area contributed by atoms with Gasteiger partial charge in [-0.1, -0.05) is 17.8 Å². The van der Waals surface area contributed by atoms with Gasteiger partial charge < -0.3 is 10.1 Å². The quantitative estimate of drug-likeness (QED) is 0.0530. The number of aromatic nitrogens is 3. The fourth-order valence-corrected chi connectivity index (χ4v) is 4.55. The molecule has 184 valence electrons. The minimum absolute atomic E-state index is 0.0541. The number of rotatable bonds is 15. The summed E-state index contributed by atoms with van der Waals surface area (Å²) in [6, 6.07) is 5.39. The van der Waals surface area contributed by atoms with Gasteiger partial charge in [0.25, 0.3) is 20.2 Å². The first-order valence-electron chi connectivity index (χ1n) is 9.01. The summed E-state index contributed by atoms with van der Waals surface area (Å²) in [7, 11) is -6.94. The summed E-state index contributed by atoms with van der Waals surface area (Å²) in [5.41, 5.74) is 2.89. The maximum atomic E-state index is 11.4. The molecule has 2 aromatic rings. The van der Waals surface area contributed by atoms with Crippen molar-refractivity contribution in [1.29, 1.82) is 0 Å². The number of hydroxylamine groups is 1. The van der Waals surface area contributed by atoms with Crippen LogP contribution in [-0.2, 0) is 29.3 Å². The van der Waals surface area contributed by atoms with E-state index < -0.39 is 26.0 Å². The highest BCUT2D eigenvalue weighted by Gasteiger charge is 2.13. The van der Waals surface area contributed by atoms with Crippen LogP contribution < -0.4 is 16.1 Å². The second kappa shape index (κ2) is 13.3. The minimum Gasteiger partial charge on any atom is -0.370 e. The summed E-state index contributed by atoms with van der Waals surface area (Å²) in [5.74, 6) is -0.0498. The van der Waals surface area contributed by atoms with Crippen LogP contribution in [-0.4, -0.2) is 72.9 Å². The van der Waals surface area contributed by atoms with Gasteiger partial charge in [0.05, 0.1) is 36.1 Å². The molecule has 14 nitrogen and oxygen atoms in total. The van der Waals surface area contributed by atoms with Crippen LogP contribution in [0.3, 0.4) is 0 Å². The Kier molecular flexibility index (Phi) is 11.2. The van der Waals surface area contributed by atoms with E-state index in [1.807, 2.05) is 0 Å². The van der Waals surface area contributed by atoms with Gasteiger partial charge in [-0.15, -0.1) is 0 Å². The van der Waals surface area contributed by atoms with Crippen molar-refractivity contribution in [2.75, 3.05) is 37.3 Å². The number of methoxy groups -OCH3 is 1. The summed E-state index contributed by atoms with van der Waals surface area (Å²) in [6.45, 7) is 0.588. The summed E-state index contributed by atoms with van der Waals surface area (Å²) < 4.78 is 72.5. The van der Waals surface area contributed by atoms with Gasteiger partial charge in [0.2, 0.25) is 11.1 Å². The van der Waals surface area contributed by atoms with Crippen molar-refractivity contribution in [2.45, 2.75) is 21.6 Å². The summed E-state index contributed by atoms with van der Waals surface area (Å²) >= 11 is 1.91. The Labute approximate surface area is 199 Å². The average Bonchev–Trinajstić information content (AvgIpc) is 2.73. The Hall–Kier alpha value is -1.61. The van der Waals surface area contributed by atoms with Gasteiger partial charge in [-0.25, -0.2) is 4.28 Å². The lowest BCUT2D eigenvalue weighted by molar-refractivity contribution is 0.148. The Bertz CT molecular complexity index is 1120. The fourth-order valence-electron chi connectivity index (χ4n) is 2.06. The first-order valence-corrected chi connectivity index (χ1v) is 13.8. The fraction of sp³-hybridized carbons (Fsp3) is 0.400. The molecule has 0 aliphatic heterocycles. The molecule has 0 unspecified atom stereocenters. The number of nitrogens with zero attached hydrogens (tertiary/aromatic N) is 3. The van der Waals surface area contributed by atoms with E-state index in [4.69, 9.17) is 13.6 Å². The number of hydrogen-bond donors (Lipinski definition) is 5. The molecule has 0 radical (unpaired) electrons.